The van der Waals surface area contributed by atoms with E-state index in [1.807, 2.05) is 0 Å². The lowest BCUT2D eigenvalue weighted by Crippen LogP contribution is -2.46. The highest BCUT2D eigenvalue weighted by Gasteiger charge is 2.28. The van der Waals surface area contributed by atoms with Gasteiger partial charge in [0.2, 0.25) is 5.91 Å². The molecule has 0 aromatic rings. The van der Waals surface area contributed by atoms with Gasteiger partial charge in [-0.05, 0) is 27.2 Å². The number of hydrogen-bond donors (Lipinski definition) is 2. The van der Waals surface area contributed by atoms with Crippen molar-refractivity contribution in [2.45, 2.75) is 45.8 Å². The van der Waals surface area contributed by atoms with E-state index in [0.29, 0.717) is 0 Å². The predicted octanol–water partition coefficient (Wildman–Crippen LogP) is 0.825. The third kappa shape index (κ3) is 6.96. The number of carbonyl (C=O) groups is 3. The quantitative estimate of drug-likeness (QED) is 0.731. The molecule has 116 valence electrons. The number of methoxy groups -OCH3 is 1. The highest BCUT2D eigenvalue weighted by atomic mass is 16.6. The van der Waals surface area contributed by atoms with E-state index in [9.17, 15) is 14.4 Å². The van der Waals surface area contributed by atoms with Gasteiger partial charge in [0.15, 0.2) is 0 Å². The second kappa shape index (κ2) is 7.72. The fourth-order valence-electron chi connectivity index (χ4n) is 1.51. The van der Waals surface area contributed by atoms with Crippen molar-refractivity contribution in [3.8, 4) is 0 Å². The molecule has 7 heteroatoms. The minimum absolute atomic E-state index is 0.131. The molecule has 0 radical (unpaired) electrons. The smallest absolute Gasteiger partial charge is 0.408 e. The Morgan fingerprint density at radius 1 is 1.20 bits per heavy atom. The molecule has 0 aliphatic heterocycles. The number of rotatable bonds is 5. The Morgan fingerprint density at radius 3 is 2.15 bits per heavy atom. The average Bonchev–Trinajstić information content (AvgIpc) is 2.33. The molecule has 0 fully saturated rings. The summed E-state index contributed by atoms with van der Waals surface area (Å²) in [6.45, 7) is 6.80. The number of nitrogens with one attached hydrogen (secondary N) is 2. The summed E-state index contributed by atoms with van der Waals surface area (Å²) in [4.78, 5) is 34.8. The second-order valence-electron chi connectivity index (χ2n) is 5.47. The van der Waals surface area contributed by atoms with E-state index in [0.717, 1.165) is 0 Å². The number of ether oxygens (including phenoxy) is 2. The van der Waals surface area contributed by atoms with E-state index in [2.05, 4.69) is 15.4 Å². The molecule has 7 nitrogen and oxygen atoms in total. The monoisotopic (exact) mass is 288 g/mol. The summed E-state index contributed by atoms with van der Waals surface area (Å²) in [5, 5.41) is 4.90. The van der Waals surface area contributed by atoms with Crippen LogP contribution in [0.2, 0.25) is 0 Å². The van der Waals surface area contributed by atoms with E-state index < -0.39 is 29.6 Å². The Kier molecular flexibility index (Phi) is 7.02. The van der Waals surface area contributed by atoms with Crippen molar-refractivity contribution in [3.63, 3.8) is 0 Å². The van der Waals surface area contributed by atoms with Gasteiger partial charge in [-0.3, -0.25) is 4.79 Å². The van der Waals surface area contributed by atoms with Crippen LogP contribution in [0.1, 0.15) is 34.1 Å². The van der Waals surface area contributed by atoms with E-state index in [-0.39, 0.29) is 12.3 Å². The minimum Gasteiger partial charge on any atom is -0.467 e. The van der Waals surface area contributed by atoms with Crippen LogP contribution in [0.25, 0.3) is 0 Å². The SMILES string of the molecule is CNC(=O)C(C)CC(NC(=O)OC(C)(C)C)C(=O)OC. The molecule has 2 N–H and O–H groups in total. The number of hydrogen-bond acceptors (Lipinski definition) is 5. The first-order valence-corrected chi connectivity index (χ1v) is 6.39. The van der Waals surface area contributed by atoms with Crippen LogP contribution in [0.15, 0.2) is 0 Å². The fraction of sp³-hybridized carbons (Fsp3) is 0.769. The summed E-state index contributed by atoms with van der Waals surface area (Å²) in [6, 6.07) is -0.929. The van der Waals surface area contributed by atoms with Gasteiger partial charge in [0, 0.05) is 13.0 Å². The summed E-state index contributed by atoms with van der Waals surface area (Å²) in [7, 11) is 2.73. The van der Waals surface area contributed by atoms with Crippen LogP contribution >= 0.6 is 0 Å². The Labute approximate surface area is 119 Å². The number of amides is 2. The number of carbonyl (C=O) groups excluding carboxylic acids is 3. The van der Waals surface area contributed by atoms with Gasteiger partial charge in [0.05, 0.1) is 7.11 Å². The predicted molar refractivity (Wildman–Crippen MR) is 73.0 cm³/mol. The highest BCUT2D eigenvalue weighted by molar-refractivity contribution is 5.83. The van der Waals surface area contributed by atoms with Gasteiger partial charge in [-0.1, -0.05) is 6.92 Å². The summed E-state index contributed by atoms with van der Waals surface area (Å²) < 4.78 is 9.69. The molecule has 0 aliphatic rings. The van der Waals surface area contributed by atoms with Crippen LogP contribution in [0.5, 0.6) is 0 Å². The van der Waals surface area contributed by atoms with Crippen molar-refractivity contribution < 1.29 is 23.9 Å². The van der Waals surface area contributed by atoms with Gasteiger partial charge in [0.1, 0.15) is 11.6 Å². The van der Waals surface area contributed by atoms with Gasteiger partial charge in [-0.25, -0.2) is 9.59 Å². The molecule has 0 saturated carbocycles. The molecule has 0 rings (SSSR count). The normalized spacial score (nSPS) is 13.9. The molecule has 0 aromatic carbocycles. The van der Waals surface area contributed by atoms with Crippen molar-refractivity contribution in [1.29, 1.82) is 0 Å². The van der Waals surface area contributed by atoms with Gasteiger partial charge < -0.3 is 20.1 Å². The molecule has 0 bridgehead atoms. The molecule has 2 atom stereocenters. The summed E-state index contributed by atoms with van der Waals surface area (Å²) in [5.74, 6) is -1.28. The summed E-state index contributed by atoms with van der Waals surface area (Å²) in [6.07, 6.45) is -0.594. The van der Waals surface area contributed by atoms with Crippen LogP contribution < -0.4 is 10.6 Å². The molecule has 2 unspecified atom stereocenters. The summed E-state index contributed by atoms with van der Waals surface area (Å²) in [5.41, 5.74) is -0.669. The number of alkyl carbamates (subject to hydrolysis) is 1. The van der Waals surface area contributed by atoms with E-state index in [4.69, 9.17) is 4.74 Å². The zero-order chi connectivity index (χ0) is 15.9. The van der Waals surface area contributed by atoms with Crippen LogP contribution in [-0.2, 0) is 19.1 Å². The van der Waals surface area contributed by atoms with Crippen LogP contribution in [0.3, 0.4) is 0 Å². The topological polar surface area (TPSA) is 93.7 Å². The maximum Gasteiger partial charge on any atom is 0.408 e. The molecule has 0 aliphatic carbocycles. The molecule has 0 aromatic heterocycles. The second-order valence-corrected chi connectivity index (χ2v) is 5.47. The fourth-order valence-corrected chi connectivity index (χ4v) is 1.51. The van der Waals surface area contributed by atoms with Crippen molar-refractivity contribution >= 4 is 18.0 Å². The first-order valence-electron chi connectivity index (χ1n) is 6.39. The van der Waals surface area contributed by atoms with Gasteiger partial charge >= 0.3 is 12.1 Å². The maximum atomic E-state index is 11.7. The molecule has 0 heterocycles. The van der Waals surface area contributed by atoms with Gasteiger partial charge in [0.25, 0.3) is 0 Å². The van der Waals surface area contributed by atoms with Crippen LogP contribution in [0.4, 0.5) is 4.79 Å². The highest BCUT2D eigenvalue weighted by Crippen LogP contribution is 2.10. The summed E-state index contributed by atoms with van der Waals surface area (Å²) >= 11 is 0. The Bertz CT molecular complexity index is 362. The first kappa shape index (κ1) is 18.2. The van der Waals surface area contributed by atoms with Gasteiger partial charge in [-0.2, -0.15) is 0 Å². The van der Waals surface area contributed by atoms with Crippen molar-refractivity contribution in [1.82, 2.24) is 10.6 Å². The molecular formula is C13H24N2O5. The molecule has 0 saturated heterocycles. The number of esters is 1. The average molecular weight is 288 g/mol. The molecule has 2 amide bonds. The van der Waals surface area contributed by atoms with Crippen molar-refractivity contribution in [2.24, 2.45) is 5.92 Å². The standard InChI is InChI=1S/C13H24N2O5/c1-8(10(16)14-5)7-9(11(17)19-6)15-12(18)20-13(2,3)4/h8-9H,7H2,1-6H3,(H,14,16)(H,15,18). The molecular weight excluding hydrogens is 264 g/mol. The minimum atomic E-state index is -0.929. The zero-order valence-electron chi connectivity index (χ0n) is 12.9. The van der Waals surface area contributed by atoms with E-state index >= 15 is 0 Å². The van der Waals surface area contributed by atoms with Crippen LogP contribution in [-0.4, -0.2) is 43.8 Å². The largest absolute Gasteiger partial charge is 0.467 e. The van der Waals surface area contributed by atoms with Crippen molar-refractivity contribution in [2.75, 3.05) is 14.2 Å². The Hall–Kier alpha value is -1.79. The van der Waals surface area contributed by atoms with E-state index in [1.54, 1.807) is 27.7 Å². The lowest BCUT2D eigenvalue weighted by Gasteiger charge is -2.23. The maximum absolute atomic E-state index is 11.7. The molecule has 20 heavy (non-hydrogen) atoms. The van der Waals surface area contributed by atoms with Crippen molar-refractivity contribution in [3.05, 3.63) is 0 Å². The Balaban J connectivity index is 4.70. The van der Waals surface area contributed by atoms with Gasteiger partial charge in [-0.15, -0.1) is 0 Å². The Morgan fingerprint density at radius 2 is 1.75 bits per heavy atom. The third-order valence-electron chi connectivity index (χ3n) is 2.46. The molecule has 0 spiro atoms. The lowest BCUT2D eigenvalue weighted by atomic mass is 10.0. The lowest BCUT2D eigenvalue weighted by molar-refractivity contribution is -0.143. The first-order chi connectivity index (χ1) is 9.10. The zero-order valence-corrected chi connectivity index (χ0v) is 12.9. The van der Waals surface area contributed by atoms with Crippen LogP contribution in [0, 0.1) is 5.92 Å². The third-order valence-corrected chi connectivity index (χ3v) is 2.46. The van der Waals surface area contributed by atoms with E-state index in [1.165, 1.54) is 14.2 Å².